The van der Waals surface area contributed by atoms with Gasteiger partial charge in [0.25, 0.3) is 0 Å². The minimum Gasteiger partial charge on any atom is -0.480 e. The van der Waals surface area contributed by atoms with Gasteiger partial charge in [0, 0.05) is 20.0 Å². The first-order valence-corrected chi connectivity index (χ1v) is 6.18. The average Bonchev–Trinajstić information content (AvgIpc) is 2.85. The predicted molar refractivity (Wildman–Crippen MR) is 69.6 cm³/mol. The molecule has 0 aromatic heterocycles. The molecule has 1 heterocycles. The van der Waals surface area contributed by atoms with E-state index in [4.69, 9.17) is 9.47 Å². The van der Waals surface area contributed by atoms with Gasteiger partial charge in [0.1, 0.15) is 6.04 Å². The van der Waals surface area contributed by atoms with Gasteiger partial charge in [-0.2, -0.15) is 0 Å². The number of aliphatic carboxylic acids is 1. The largest absolute Gasteiger partial charge is 0.480 e. The van der Waals surface area contributed by atoms with Crippen LogP contribution in [0.1, 0.15) is 18.5 Å². The maximum absolute atomic E-state index is 11.3. The lowest BCUT2D eigenvalue weighted by atomic mass is 10.1. The normalized spacial score (nSPS) is 13.8. The number of carbonyl (C=O) groups excluding carboxylic acids is 1. The third-order valence-electron chi connectivity index (χ3n) is 2.82. The molecule has 0 saturated heterocycles. The van der Waals surface area contributed by atoms with Crippen LogP contribution >= 0.6 is 0 Å². The number of fused-ring (bicyclic) bond motifs is 1. The number of nitrogens with one attached hydrogen (secondary N) is 2. The van der Waals surface area contributed by atoms with Gasteiger partial charge < -0.3 is 19.9 Å². The van der Waals surface area contributed by atoms with Crippen LogP contribution in [0.4, 0.5) is 0 Å². The van der Waals surface area contributed by atoms with Crippen LogP contribution in [0.5, 0.6) is 11.5 Å². The van der Waals surface area contributed by atoms with Crippen molar-refractivity contribution in [1.29, 1.82) is 0 Å². The summed E-state index contributed by atoms with van der Waals surface area (Å²) in [5.41, 5.74) is 0.574. The first-order chi connectivity index (χ1) is 9.58. The molecule has 1 aliphatic rings. The summed E-state index contributed by atoms with van der Waals surface area (Å²) in [5.74, 6) is 0.00184. The van der Waals surface area contributed by atoms with E-state index in [0.29, 0.717) is 30.2 Å². The Hall–Kier alpha value is -2.28. The third kappa shape index (κ3) is 3.39. The molecular weight excluding hydrogens is 264 g/mol. The Kier molecular flexibility index (Phi) is 4.41. The van der Waals surface area contributed by atoms with Gasteiger partial charge in [0.2, 0.25) is 12.7 Å². The number of amides is 1. The summed E-state index contributed by atoms with van der Waals surface area (Å²) in [7, 11) is 0. The molecular formula is C13H16N2O5. The SMILES string of the molecule is CC(=O)NCCNC(C(=O)O)c1ccc2c(c1)OCO2. The quantitative estimate of drug-likeness (QED) is 0.647. The minimum absolute atomic E-state index is 0.145. The number of benzene rings is 1. The van der Waals surface area contributed by atoms with Crippen molar-refractivity contribution in [3.8, 4) is 11.5 Å². The monoisotopic (exact) mass is 280 g/mol. The van der Waals surface area contributed by atoms with Crippen LogP contribution in [0.2, 0.25) is 0 Å². The van der Waals surface area contributed by atoms with Crippen molar-refractivity contribution in [2.24, 2.45) is 0 Å². The van der Waals surface area contributed by atoms with Gasteiger partial charge >= 0.3 is 5.97 Å². The van der Waals surface area contributed by atoms with Gasteiger partial charge in [-0.3, -0.25) is 14.9 Å². The van der Waals surface area contributed by atoms with Crippen LogP contribution in [-0.4, -0.2) is 36.9 Å². The highest BCUT2D eigenvalue weighted by Gasteiger charge is 2.22. The van der Waals surface area contributed by atoms with Gasteiger partial charge in [0.05, 0.1) is 0 Å². The van der Waals surface area contributed by atoms with Gasteiger partial charge in [-0.25, -0.2) is 0 Å². The standard InChI is InChI=1S/C13H16N2O5/c1-8(16)14-4-5-15-12(13(17)18)9-2-3-10-11(6-9)20-7-19-10/h2-3,6,12,15H,4-5,7H2,1H3,(H,14,16)(H,17,18). The van der Waals surface area contributed by atoms with Crippen LogP contribution in [0.3, 0.4) is 0 Å². The maximum Gasteiger partial charge on any atom is 0.325 e. The Labute approximate surface area is 115 Å². The van der Waals surface area contributed by atoms with Crippen molar-refractivity contribution < 1.29 is 24.2 Å². The van der Waals surface area contributed by atoms with E-state index >= 15 is 0 Å². The molecule has 0 spiro atoms. The Morgan fingerprint density at radius 2 is 2.05 bits per heavy atom. The lowest BCUT2D eigenvalue weighted by molar-refractivity contribution is -0.139. The van der Waals surface area contributed by atoms with Crippen LogP contribution < -0.4 is 20.1 Å². The molecule has 20 heavy (non-hydrogen) atoms. The molecule has 1 unspecified atom stereocenters. The summed E-state index contributed by atoms with van der Waals surface area (Å²) in [6.45, 7) is 2.27. The second kappa shape index (κ2) is 6.25. The fourth-order valence-electron chi connectivity index (χ4n) is 1.90. The van der Waals surface area contributed by atoms with Gasteiger partial charge in [-0.15, -0.1) is 0 Å². The molecule has 1 atom stereocenters. The molecule has 1 aromatic rings. The smallest absolute Gasteiger partial charge is 0.325 e. The number of hydrogen-bond donors (Lipinski definition) is 3. The summed E-state index contributed by atoms with van der Waals surface area (Å²) in [6.07, 6.45) is 0. The Morgan fingerprint density at radius 3 is 2.75 bits per heavy atom. The maximum atomic E-state index is 11.3. The molecule has 7 heteroatoms. The number of hydrogen-bond acceptors (Lipinski definition) is 5. The van der Waals surface area contributed by atoms with Crippen molar-refractivity contribution in [3.63, 3.8) is 0 Å². The van der Waals surface area contributed by atoms with E-state index in [2.05, 4.69) is 10.6 Å². The fourth-order valence-corrected chi connectivity index (χ4v) is 1.90. The van der Waals surface area contributed by atoms with Crippen molar-refractivity contribution in [2.45, 2.75) is 13.0 Å². The number of carboxylic acids is 1. The summed E-state index contributed by atoms with van der Waals surface area (Å²) >= 11 is 0. The molecule has 1 amide bonds. The summed E-state index contributed by atoms with van der Waals surface area (Å²) in [6, 6.07) is 4.14. The predicted octanol–water partition coefficient (Wildman–Crippen LogP) is 0.267. The van der Waals surface area contributed by atoms with Crippen LogP contribution in [0.15, 0.2) is 18.2 Å². The second-order valence-corrected chi connectivity index (χ2v) is 4.32. The van der Waals surface area contributed by atoms with E-state index in [1.807, 2.05) is 0 Å². The van der Waals surface area contributed by atoms with Crippen LogP contribution in [0, 0.1) is 0 Å². The molecule has 0 bridgehead atoms. The zero-order valence-corrected chi connectivity index (χ0v) is 11.0. The van der Waals surface area contributed by atoms with Crippen molar-refractivity contribution in [1.82, 2.24) is 10.6 Å². The fraction of sp³-hybridized carbons (Fsp3) is 0.385. The molecule has 0 saturated carbocycles. The van der Waals surface area contributed by atoms with E-state index in [0.717, 1.165) is 0 Å². The van der Waals surface area contributed by atoms with E-state index in [1.165, 1.54) is 6.92 Å². The lowest BCUT2D eigenvalue weighted by Gasteiger charge is -2.15. The first kappa shape index (κ1) is 14.1. The first-order valence-electron chi connectivity index (χ1n) is 6.18. The Morgan fingerprint density at radius 1 is 1.30 bits per heavy atom. The van der Waals surface area contributed by atoms with Crippen molar-refractivity contribution in [2.75, 3.05) is 19.9 Å². The van der Waals surface area contributed by atoms with Crippen molar-refractivity contribution >= 4 is 11.9 Å². The number of rotatable bonds is 6. The van der Waals surface area contributed by atoms with E-state index in [-0.39, 0.29) is 12.7 Å². The zero-order valence-electron chi connectivity index (χ0n) is 11.0. The van der Waals surface area contributed by atoms with Gasteiger partial charge in [-0.05, 0) is 17.7 Å². The summed E-state index contributed by atoms with van der Waals surface area (Å²) in [4.78, 5) is 22.0. The van der Waals surface area contributed by atoms with E-state index < -0.39 is 12.0 Å². The number of carbonyl (C=O) groups is 2. The molecule has 1 aliphatic heterocycles. The van der Waals surface area contributed by atoms with E-state index in [1.54, 1.807) is 18.2 Å². The average molecular weight is 280 g/mol. The summed E-state index contributed by atoms with van der Waals surface area (Å²) in [5, 5.41) is 14.7. The molecule has 2 rings (SSSR count). The molecule has 7 nitrogen and oxygen atoms in total. The van der Waals surface area contributed by atoms with Crippen molar-refractivity contribution in [3.05, 3.63) is 23.8 Å². The lowest BCUT2D eigenvalue weighted by Crippen LogP contribution is -2.35. The van der Waals surface area contributed by atoms with Gasteiger partial charge in [-0.1, -0.05) is 6.07 Å². The van der Waals surface area contributed by atoms with Gasteiger partial charge in [0.15, 0.2) is 11.5 Å². The molecule has 0 radical (unpaired) electrons. The summed E-state index contributed by atoms with van der Waals surface area (Å²) < 4.78 is 10.4. The van der Waals surface area contributed by atoms with Crippen LogP contribution in [0.25, 0.3) is 0 Å². The molecule has 3 N–H and O–H groups in total. The second-order valence-electron chi connectivity index (χ2n) is 4.32. The highest BCUT2D eigenvalue weighted by molar-refractivity contribution is 5.76. The van der Waals surface area contributed by atoms with E-state index in [9.17, 15) is 14.7 Å². The Bertz CT molecular complexity index is 517. The highest BCUT2D eigenvalue weighted by atomic mass is 16.7. The highest BCUT2D eigenvalue weighted by Crippen LogP contribution is 2.34. The minimum atomic E-state index is -0.994. The zero-order chi connectivity index (χ0) is 14.5. The van der Waals surface area contributed by atoms with Crippen LogP contribution in [-0.2, 0) is 9.59 Å². The molecule has 108 valence electrons. The molecule has 1 aromatic carbocycles. The molecule has 0 aliphatic carbocycles. The third-order valence-corrected chi connectivity index (χ3v) is 2.82. The Balaban J connectivity index is 2.01. The number of carboxylic acid groups (broad SMARTS) is 1. The number of ether oxygens (including phenoxy) is 2. The topological polar surface area (TPSA) is 96.9 Å². The molecule has 0 fully saturated rings.